The third-order valence-electron chi connectivity index (χ3n) is 6.62. The highest BCUT2D eigenvalue weighted by Crippen LogP contribution is 2.33. The van der Waals surface area contributed by atoms with E-state index in [1.54, 1.807) is 26.4 Å². The molecule has 0 heterocycles. The van der Waals surface area contributed by atoms with Crippen molar-refractivity contribution in [2.45, 2.75) is 38.5 Å². The predicted octanol–water partition coefficient (Wildman–Crippen LogP) is 4.77. The van der Waals surface area contributed by atoms with Crippen LogP contribution in [0.4, 0.5) is 0 Å². The molecular weight excluding hydrogens is 432 g/mol. The van der Waals surface area contributed by atoms with Crippen LogP contribution in [0, 0.1) is 0 Å². The van der Waals surface area contributed by atoms with Crippen LogP contribution in [-0.2, 0) is 38.5 Å². The zero-order valence-electron chi connectivity index (χ0n) is 19.4. The van der Waals surface area contributed by atoms with Crippen molar-refractivity contribution in [3.8, 4) is 11.5 Å². The molecule has 0 atom stereocenters. The Morgan fingerprint density at radius 3 is 1.24 bits per heavy atom. The Labute approximate surface area is 198 Å². The van der Waals surface area contributed by atoms with E-state index in [0.717, 1.165) is 41.5 Å². The molecule has 3 aromatic rings. The van der Waals surface area contributed by atoms with Gasteiger partial charge in [-0.15, -0.1) is 0 Å². The SMILES string of the molecule is COc1cc2c(cc1OC)CCc1cc(C(=O)O)c(C(=O)O)cc1CCc1ccccc1CC2. The highest BCUT2D eigenvalue weighted by atomic mass is 16.5. The van der Waals surface area contributed by atoms with Gasteiger partial charge in [0.1, 0.15) is 0 Å². The molecule has 1 aliphatic rings. The van der Waals surface area contributed by atoms with Crippen LogP contribution < -0.4 is 9.47 Å². The number of aryl methyl sites for hydroxylation is 6. The summed E-state index contributed by atoms with van der Waals surface area (Å²) < 4.78 is 11.1. The number of hydrogen-bond donors (Lipinski definition) is 2. The van der Waals surface area contributed by atoms with Crippen molar-refractivity contribution in [2.24, 2.45) is 0 Å². The Morgan fingerprint density at radius 1 is 0.588 bits per heavy atom. The van der Waals surface area contributed by atoms with Crippen molar-refractivity contribution in [1.82, 2.24) is 0 Å². The maximum atomic E-state index is 11.8. The van der Waals surface area contributed by atoms with Gasteiger partial charge in [-0.2, -0.15) is 0 Å². The van der Waals surface area contributed by atoms with Gasteiger partial charge in [-0.3, -0.25) is 0 Å². The largest absolute Gasteiger partial charge is 0.493 e. The van der Waals surface area contributed by atoms with E-state index in [2.05, 4.69) is 12.1 Å². The number of methoxy groups -OCH3 is 2. The third kappa shape index (κ3) is 4.76. The second-order valence-electron chi connectivity index (χ2n) is 8.52. The Morgan fingerprint density at radius 2 is 0.912 bits per heavy atom. The van der Waals surface area contributed by atoms with Gasteiger partial charge in [-0.1, -0.05) is 24.3 Å². The first kappa shape index (κ1) is 23.4. The average molecular weight is 461 g/mol. The third-order valence-corrected chi connectivity index (χ3v) is 6.62. The predicted molar refractivity (Wildman–Crippen MR) is 129 cm³/mol. The van der Waals surface area contributed by atoms with Gasteiger partial charge >= 0.3 is 11.9 Å². The lowest BCUT2D eigenvalue weighted by atomic mass is 9.87. The molecule has 0 spiro atoms. The van der Waals surface area contributed by atoms with Crippen LogP contribution in [0.2, 0.25) is 0 Å². The van der Waals surface area contributed by atoms with Crippen molar-refractivity contribution in [2.75, 3.05) is 14.2 Å². The van der Waals surface area contributed by atoms with Crippen LogP contribution in [-0.4, -0.2) is 36.4 Å². The van der Waals surface area contributed by atoms with Gasteiger partial charge < -0.3 is 19.7 Å². The summed E-state index contributed by atoms with van der Waals surface area (Å²) in [5, 5.41) is 19.3. The monoisotopic (exact) mass is 460 g/mol. The molecular formula is C28H28O6. The lowest BCUT2D eigenvalue weighted by molar-refractivity contribution is 0.0651. The van der Waals surface area contributed by atoms with E-state index in [-0.39, 0.29) is 11.1 Å². The summed E-state index contributed by atoms with van der Waals surface area (Å²) >= 11 is 0. The van der Waals surface area contributed by atoms with Crippen LogP contribution in [0.5, 0.6) is 11.5 Å². The number of aromatic carboxylic acids is 2. The Hall–Kier alpha value is -3.80. The van der Waals surface area contributed by atoms with Crippen LogP contribution in [0.3, 0.4) is 0 Å². The van der Waals surface area contributed by atoms with Crippen LogP contribution in [0.25, 0.3) is 0 Å². The Bertz CT molecular complexity index is 1240. The molecule has 3 aromatic carbocycles. The lowest BCUT2D eigenvalue weighted by Crippen LogP contribution is -2.13. The summed E-state index contributed by atoms with van der Waals surface area (Å²) in [5.74, 6) is -1.12. The highest BCUT2D eigenvalue weighted by molar-refractivity contribution is 6.02. The molecule has 0 aromatic heterocycles. The highest BCUT2D eigenvalue weighted by Gasteiger charge is 2.21. The molecule has 6 heteroatoms. The molecule has 0 radical (unpaired) electrons. The Kier molecular flexibility index (Phi) is 6.87. The zero-order chi connectivity index (χ0) is 24.2. The second kappa shape index (κ2) is 10.00. The van der Waals surface area contributed by atoms with Gasteiger partial charge in [0, 0.05) is 0 Å². The molecule has 6 nitrogen and oxygen atoms in total. The van der Waals surface area contributed by atoms with Gasteiger partial charge in [0.25, 0.3) is 0 Å². The summed E-state index contributed by atoms with van der Waals surface area (Å²) in [7, 11) is 3.23. The number of carboxylic acids is 2. The molecule has 1 aliphatic carbocycles. The van der Waals surface area contributed by atoms with Gasteiger partial charge in [0.15, 0.2) is 11.5 Å². The number of fused-ring (bicyclic) bond motifs is 3. The maximum Gasteiger partial charge on any atom is 0.336 e. The van der Waals surface area contributed by atoms with Gasteiger partial charge in [-0.25, -0.2) is 9.59 Å². The summed E-state index contributed by atoms with van der Waals surface area (Å²) in [6.45, 7) is 0. The molecule has 0 fully saturated rings. The topological polar surface area (TPSA) is 93.1 Å². The van der Waals surface area contributed by atoms with Crippen LogP contribution in [0.1, 0.15) is 54.1 Å². The van der Waals surface area contributed by atoms with E-state index >= 15 is 0 Å². The van der Waals surface area contributed by atoms with Crippen molar-refractivity contribution in [3.63, 3.8) is 0 Å². The van der Waals surface area contributed by atoms with Crippen molar-refractivity contribution < 1.29 is 29.3 Å². The molecule has 0 unspecified atom stereocenters. The molecule has 0 amide bonds. The van der Waals surface area contributed by atoms with E-state index in [1.807, 2.05) is 24.3 Å². The van der Waals surface area contributed by atoms with E-state index in [9.17, 15) is 19.8 Å². The van der Waals surface area contributed by atoms with E-state index in [4.69, 9.17) is 9.47 Å². The van der Waals surface area contributed by atoms with Gasteiger partial charge in [0.2, 0.25) is 0 Å². The van der Waals surface area contributed by atoms with Crippen LogP contribution in [0.15, 0.2) is 48.5 Å². The first-order valence-corrected chi connectivity index (χ1v) is 11.3. The van der Waals surface area contributed by atoms with Crippen LogP contribution >= 0.6 is 0 Å². The smallest absolute Gasteiger partial charge is 0.336 e. The van der Waals surface area contributed by atoms with E-state index in [1.165, 1.54) is 11.1 Å². The average Bonchev–Trinajstić information content (AvgIpc) is 2.84. The summed E-state index contributed by atoms with van der Waals surface area (Å²) in [4.78, 5) is 23.6. The quantitative estimate of drug-likeness (QED) is 0.583. The van der Waals surface area contributed by atoms with Crippen molar-refractivity contribution in [3.05, 3.63) is 93.0 Å². The second-order valence-corrected chi connectivity index (χ2v) is 8.52. The van der Waals surface area contributed by atoms with Gasteiger partial charge in [-0.05, 0) is 96.2 Å². The summed E-state index contributed by atoms with van der Waals surface area (Å²) in [6, 6.07) is 15.4. The molecule has 4 rings (SSSR count). The Balaban J connectivity index is 1.86. The molecule has 0 saturated carbocycles. The standard InChI is InChI=1S/C28H28O6/c1-33-25-15-21-10-8-18-6-4-3-5-17(18)7-9-19-13-23(27(29)30)24(28(31)32)14-20(19)11-12-22(21)16-26(25)34-2/h3-6,13-16H,7-12H2,1-2H3,(H,29,30)(H,31,32). The lowest BCUT2D eigenvalue weighted by Gasteiger charge is -2.19. The van der Waals surface area contributed by atoms with E-state index < -0.39 is 11.9 Å². The molecule has 176 valence electrons. The number of carbonyl (C=O) groups is 2. The molecule has 34 heavy (non-hydrogen) atoms. The first-order valence-electron chi connectivity index (χ1n) is 11.3. The maximum absolute atomic E-state index is 11.8. The number of ether oxygens (including phenoxy) is 2. The fraction of sp³-hybridized carbons (Fsp3) is 0.286. The number of benzene rings is 3. The van der Waals surface area contributed by atoms with Gasteiger partial charge in [0.05, 0.1) is 25.3 Å². The van der Waals surface area contributed by atoms with Crippen molar-refractivity contribution in [1.29, 1.82) is 0 Å². The summed E-state index contributed by atoms with van der Waals surface area (Å²) in [6.07, 6.45) is 4.40. The number of rotatable bonds is 4. The van der Waals surface area contributed by atoms with Crippen molar-refractivity contribution >= 4 is 11.9 Å². The fourth-order valence-corrected chi connectivity index (χ4v) is 4.79. The van der Waals surface area contributed by atoms with E-state index in [0.29, 0.717) is 30.8 Å². The summed E-state index contributed by atoms with van der Waals surface area (Å²) in [5.41, 5.74) is 6.14. The number of carboxylic acid groups (broad SMARTS) is 2. The number of hydrogen-bond acceptors (Lipinski definition) is 4. The molecule has 0 saturated heterocycles. The first-order chi connectivity index (χ1) is 16.4. The minimum atomic E-state index is -1.23. The normalized spacial score (nSPS) is 13.4. The molecule has 0 bridgehead atoms. The fourth-order valence-electron chi connectivity index (χ4n) is 4.79. The molecule has 0 aliphatic heterocycles. The molecule has 2 N–H and O–H groups in total. The minimum Gasteiger partial charge on any atom is -0.493 e. The minimum absolute atomic E-state index is 0.168. The zero-order valence-corrected chi connectivity index (χ0v) is 19.4.